The molecule has 0 atom stereocenters. The van der Waals surface area contributed by atoms with Crippen molar-refractivity contribution in [2.75, 3.05) is 0 Å². The van der Waals surface area contributed by atoms with Crippen molar-refractivity contribution >= 4 is 50.3 Å². The summed E-state index contributed by atoms with van der Waals surface area (Å²) in [6.07, 6.45) is 1.96. The van der Waals surface area contributed by atoms with Gasteiger partial charge in [-0.25, -0.2) is 4.98 Å². The van der Waals surface area contributed by atoms with Crippen molar-refractivity contribution in [3.63, 3.8) is 0 Å². The molecule has 4 aromatic rings. The van der Waals surface area contributed by atoms with Crippen molar-refractivity contribution in [3.05, 3.63) is 87.1 Å². The van der Waals surface area contributed by atoms with Crippen LogP contribution in [0.1, 0.15) is 25.1 Å². The van der Waals surface area contributed by atoms with Gasteiger partial charge in [-0.3, -0.25) is 4.79 Å². The Morgan fingerprint density at radius 2 is 1.68 bits per heavy atom. The summed E-state index contributed by atoms with van der Waals surface area (Å²) in [6.45, 7) is 2.07. The summed E-state index contributed by atoms with van der Waals surface area (Å²) in [4.78, 5) is 20.1. The third kappa shape index (κ3) is 3.31. The van der Waals surface area contributed by atoms with Crippen molar-refractivity contribution < 1.29 is 4.79 Å². The third-order valence-electron chi connectivity index (χ3n) is 3.85. The summed E-state index contributed by atoms with van der Waals surface area (Å²) in [6, 6.07) is 21.5. The molecule has 122 valence electrons. The molecule has 4 rings (SSSR count). The molecule has 2 aromatic heterocycles. The number of hydrogen-bond acceptors (Lipinski definition) is 4. The van der Waals surface area contributed by atoms with Gasteiger partial charge < -0.3 is 0 Å². The Balaban J connectivity index is 1.86. The average molecular weight is 361 g/mol. The number of carbonyl (C=O) groups excluding carboxylic acids is 1. The van der Waals surface area contributed by atoms with E-state index in [1.165, 1.54) is 4.88 Å². The quantitative estimate of drug-likeness (QED) is 0.325. The summed E-state index contributed by atoms with van der Waals surface area (Å²) in [5, 5.41) is 0.765. The Labute approximate surface area is 154 Å². The Hall–Kier alpha value is -2.56. The number of nitrogens with zero attached hydrogens (tertiary/aromatic N) is 1. The first-order valence-electron chi connectivity index (χ1n) is 7.94. The largest absolute Gasteiger partial charge is 0.288 e. The maximum atomic E-state index is 13.1. The lowest BCUT2D eigenvalue weighted by atomic mass is 10.0. The molecule has 2 aromatic carbocycles. The number of allylic oxidation sites excluding steroid dienone is 1. The van der Waals surface area contributed by atoms with E-state index in [4.69, 9.17) is 4.98 Å². The Morgan fingerprint density at radius 3 is 2.40 bits per heavy atom. The number of aromatic nitrogens is 1. The highest BCUT2D eigenvalue weighted by molar-refractivity contribution is 7.20. The van der Waals surface area contributed by atoms with Gasteiger partial charge in [0.25, 0.3) is 0 Å². The molecule has 4 heteroatoms. The highest BCUT2D eigenvalue weighted by Gasteiger charge is 2.18. The van der Waals surface area contributed by atoms with E-state index in [-0.39, 0.29) is 5.78 Å². The third-order valence-corrected chi connectivity index (χ3v) is 5.87. The number of para-hydroxylation sites is 1. The van der Waals surface area contributed by atoms with Crippen LogP contribution >= 0.6 is 22.7 Å². The second-order valence-electron chi connectivity index (χ2n) is 5.69. The van der Waals surface area contributed by atoms with Crippen molar-refractivity contribution in [2.45, 2.75) is 6.92 Å². The molecule has 0 spiro atoms. The summed E-state index contributed by atoms with van der Waals surface area (Å²) < 4.78 is 1.09. The molecule has 0 saturated carbocycles. The summed E-state index contributed by atoms with van der Waals surface area (Å²) in [5.41, 5.74) is 2.26. The first kappa shape index (κ1) is 15.9. The number of ketones is 1. The van der Waals surface area contributed by atoms with E-state index in [1.807, 2.05) is 66.7 Å². The van der Waals surface area contributed by atoms with Crippen LogP contribution in [0.3, 0.4) is 0 Å². The highest BCUT2D eigenvalue weighted by atomic mass is 32.1. The van der Waals surface area contributed by atoms with Crippen molar-refractivity contribution in [1.29, 1.82) is 0 Å². The smallest absolute Gasteiger partial charge is 0.196 e. The minimum atomic E-state index is 0.00529. The van der Waals surface area contributed by atoms with Crippen molar-refractivity contribution in [2.24, 2.45) is 0 Å². The SMILES string of the molecule is Cc1ccc(/C=C(/C(=O)c2ccccc2)c2nc3ccccc3s2)s1. The van der Waals surface area contributed by atoms with Crippen LogP contribution in [-0.2, 0) is 0 Å². The number of carbonyl (C=O) groups is 1. The van der Waals surface area contributed by atoms with E-state index >= 15 is 0 Å². The minimum absolute atomic E-state index is 0.00529. The molecule has 0 unspecified atom stereocenters. The molecular weight excluding hydrogens is 346 g/mol. The molecule has 0 N–H and O–H groups in total. The predicted octanol–water partition coefficient (Wildman–Crippen LogP) is 6.09. The van der Waals surface area contributed by atoms with Gasteiger partial charge in [0.1, 0.15) is 5.01 Å². The van der Waals surface area contributed by atoms with Crippen LogP contribution < -0.4 is 0 Å². The van der Waals surface area contributed by atoms with E-state index in [2.05, 4.69) is 13.0 Å². The minimum Gasteiger partial charge on any atom is -0.288 e. The second-order valence-corrected chi connectivity index (χ2v) is 8.04. The van der Waals surface area contributed by atoms with Crippen LogP contribution in [0.4, 0.5) is 0 Å². The fraction of sp³-hybridized carbons (Fsp3) is 0.0476. The summed E-state index contributed by atoms with van der Waals surface area (Å²) in [7, 11) is 0. The van der Waals surface area contributed by atoms with Gasteiger partial charge in [-0.2, -0.15) is 0 Å². The van der Waals surface area contributed by atoms with Crippen molar-refractivity contribution in [1.82, 2.24) is 4.98 Å². The molecule has 0 saturated heterocycles. The van der Waals surface area contributed by atoms with Gasteiger partial charge in [0.05, 0.1) is 15.8 Å². The van der Waals surface area contributed by atoms with E-state index < -0.39 is 0 Å². The lowest BCUT2D eigenvalue weighted by molar-refractivity contribution is 0.105. The first-order chi connectivity index (χ1) is 12.2. The molecule has 0 aliphatic rings. The van der Waals surface area contributed by atoms with Gasteiger partial charge in [0, 0.05) is 15.3 Å². The normalized spacial score (nSPS) is 11.8. The number of Topliss-reactive ketones (excluding diaryl/α,β-unsaturated/α-hetero) is 1. The Kier molecular flexibility index (Phi) is 4.30. The monoisotopic (exact) mass is 361 g/mol. The van der Waals surface area contributed by atoms with Crippen LogP contribution in [0.25, 0.3) is 21.9 Å². The van der Waals surface area contributed by atoms with Gasteiger partial charge in [-0.05, 0) is 37.3 Å². The van der Waals surface area contributed by atoms with E-state index in [1.54, 1.807) is 22.7 Å². The topological polar surface area (TPSA) is 30.0 Å². The number of thiophene rings is 1. The van der Waals surface area contributed by atoms with E-state index in [0.29, 0.717) is 11.1 Å². The first-order valence-corrected chi connectivity index (χ1v) is 9.58. The molecule has 0 amide bonds. The van der Waals surface area contributed by atoms with Crippen LogP contribution in [0.5, 0.6) is 0 Å². The second kappa shape index (κ2) is 6.75. The molecule has 2 heterocycles. The molecule has 0 fully saturated rings. The standard InChI is InChI=1S/C21H15NOS2/c1-14-11-12-16(24-14)13-17(20(23)15-7-3-2-4-8-15)21-22-18-9-5-6-10-19(18)25-21/h2-13H,1H3/b17-13-. The van der Waals surface area contributed by atoms with Crippen LogP contribution in [0.15, 0.2) is 66.7 Å². The lowest BCUT2D eigenvalue weighted by Crippen LogP contribution is -2.02. The van der Waals surface area contributed by atoms with E-state index in [9.17, 15) is 4.79 Å². The average Bonchev–Trinajstić information content (AvgIpc) is 3.25. The van der Waals surface area contributed by atoms with Crippen molar-refractivity contribution in [3.8, 4) is 0 Å². The number of thiazole rings is 1. The zero-order chi connectivity index (χ0) is 17.2. The molecular formula is C21H15NOS2. The molecule has 0 aliphatic heterocycles. The van der Waals surface area contributed by atoms with Gasteiger partial charge in [-0.1, -0.05) is 42.5 Å². The molecule has 2 nitrogen and oxygen atoms in total. The Morgan fingerprint density at radius 1 is 0.920 bits per heavy atom. The summed E-state index contributed by atoms with van der Waals surface area (Å²) in [5.74, 6) is 0.00529. The highest BCUT2D eigenvalue weighted by Crippen LogP contribution is 2.31. The molecule has 0 radical (unpaired) electrons. The molecule has 0 bridgehead atoms. The van der Waals surface area contributed by atoms with Gasteiger partial charge in [0.15, 0.2) is 5.78 Å². The fourth-order valence-electron chi connectivity index (χ4n) is 2.63. The fourth-order valence-corrected chi connectivity index (χ4v) is 4.43. The maximum absolute atomic E-state index is 13.1. The number of aryl methyl sites for hydroxylation is 1. The number of benzene rings is 2. The maximum Gasteiger partial charge on any atom is 0.196 e. The van der Waals surface area contributed by atoms with Gasteiger partial charge in [0.2, 0.25) is 0 Å². The van der Waals surface area contributed by atoms with Gasteiger partial charge >= 0.3 is 0 Å². The summed E-state index contributed by atoms with van der Waals surface area (Å²) >= 11 is 3.24. The van der Waals surface area contributed by atoms with Crippen LogP contribution in [0.2, 0.25) is 0 Å². The number of hydrogen-bond donors (Lipinski definition) is 0. The number of rotatable bonds is 4. The molecule has 0 aliphatic carbocycles. The Bertz CT molecular complexity index is 1040. The zero-order valence-corrected chi connectivity index (χ0v) is 15.2. The van der Waals surface area contributed by atoms with Crippen LogP contribution in [-0.4, -0.2) is 10.8 Å². The molecule has 25 heavy (non-hydrogen) atoms. The van der Waals surface area contributed by atoms with Crippen LogP contribution in [0, 0.1) is 6.92 Å². The number of fused-ring (bicyclic) bond motifs is 1. The predicted molar refractivity (Wildman–Crippen MR) is 107 cm³/mol. The zero-order valence-electron chi connectivity index (χ0n) is 13.6. The van der Waals surface area contributed by atoms with Gasteiger partial charge in [-0.15, -0.1) is 22.7 Å². The lowest BCUT2D eigenvalue weighted by Gasteiger charge is -2.03. The van der Waals surface area contributed by atoms with E-state index in [0.717, 1.165) is 20.1 Å².